The summed E-state index contributed by atoms with van der Waals surface area (Å²) in [5.41, 5.74) is 14.7. The number of halogens is 2. The predicted molar refractivity (Wildman–Crippen MR) is 470 cm³/mol. The summed E-state index contributed by atoms with van der Waals surface area (Å²) < 4.78 is 34.8. The Bertz CT molecular complexity index is 5580. The minimum absolute atomic E-state index is 0.0608. The minimum Gasteiger partial charge on any atom is -0.478 e. The van der Waals surface area contributed by atoms with Gasteiger partial charge in [-0.2, -0.15) is 0 Å². The van der Waals surface area contributed by atoms with Gasteiger partial charge in [-0.25, -0.2) is 52.7 Å². The molecule has 12 aromatic rings. The number of aliphatic hydroxyl groups excluding tert-OH is 2. The average Bonchev–Trinajstić information content (AvgIpc) is 1.64. The van der Waals surface area contributed by atoms with E-state index in [0.29, 0.717) is 91.8 Å². The van der Waals surface area contributed by atoms with E-state index in [1.165, 1.54) is 47.8 Å². The summed E-state index contributed by atoms with van der Waals surface area (Å²) in [7, 11) is 0. The molecule has 1 aliphatic carbocycles. The lowest BCUT2D eigenvalue weighted by atomic mass is 9.93. The van der Waals surface area contributed by atoms with Gasteiger partial charge in [0.1, 0.15) is 34.9 Å². The van der Waals surface area contributed by atoms with Gasteiger partial charge in [0, 0.05) is 158 Å². The number of carbonyl (C=O) groups is 6. The van der Waals surface area contributed by atoms with Gasteiger partial charge in [-0.3, -0.25) is 29.7 Å². The minimum atomic E-state index is -1.04. The molecule has 13 rings (SSSR count). The summed E-state index contributed by atoms with van der Waals surface area (Å²) in [5, 5.41) is 64.2. The molecule has 0 radical (unpaired) electrons. The molecule has 0 spiro atoms. The number of imidazole rings is 4. The highest BCUT2D eigenvalue weighted by Crippen LogP contribution is 2.27. The normalized spacial score (nSPS) is 11.6. The molecule has 9 aromatic heterocycles. The molecule has 0 amide bonds. The standard InChI is InChI=1S/C23H24FN3O2.C22H23N3O3.C20H20FN3O3.C17H23N3O2.C15H23NO3/c1-15-12-17(23(28)29)13-19(25-15)4-2-7-22-26-20-5-3-6-21(20)27(22)14-16-8-10-18(24)11-9-16;1-15-12-19(22(27)28)13-20(24-15)4-3-5-21-23-10-11-25(21)14-17-6-8-18(9-7-17)16(2)26;21-16-6-4-14(5-7-16)12-24-9-8-22-19(24)3-1-2-17-10-15(20(26)27)11-18(13-25)23-17;1-12(2)11-20-8-7-18-16(20)6-4-5-15-10-14(17(21)22)9-13(3)19-15;1-10(2)6-12(9-17)4-5-14-8-13(15(18)19)7-11(3)16-14/h8-13H,2-7,14H2,1H3,(H,28,29);6-13H,3-5,14H2,1-2H3,(H,27,28);4-11,25H,1-3,12-13H2,(H,26,27);7-10,12H,4-6,11H2,1-3H3,(H,21,22);7-8,10,12,17H,4-6,9H2,1-3H3,(H,18,19)/t;;;;12-/m....0/s1. The van der Waals surface area contributed by atoms with Crippen LogP contribution in [-0.4, -0.2) is 141 Å². The quantitative estimate of drug-likeness (QED) is 0.0178. The van der Waals surface area contributed by atoms with Crippen LogP contribution in [0.2, 0.25) is 0 Å². The van der Waals surface area contributed by atoms with Crippen molar-refractivity contribution in [2.75, 3.05) is 6.61 Å². The van der Waals surface area contributed by atoms with Crippen molar-refractivity contribution in [2.45, 2.75) is 211 Å². The molecule has 7 N–H and O–H groups in total. The van der Waals surface area contributed by atoms with Crippen molar-refractivity contribution in [2.24, 2.45) is 17.8 Å². The molecule has 26 nitrogen and oxygen atoms in total. The zero-order chi connectivity index (χ0) is 90.2. The maximum atomic E-state index is 13.2. The molecule has 1 atom stereocenters. The van der Waals surface area contributed by atoms with Crippen LogP contribution in [0, 0.1) is 57.1 Å². The van der Waals surface area contributed by atoms with Gasteiger partial charge < -0.3 is 54.0 Å². The Labute approximate surface area is 727 Å². The fourth-order valence-electron chi connectivity index (χ4n) is 15.0. The molecule has 0 unspecified atom stereocenters. The van der Waals surface area contributed by atoms with Crippen LogP contribution in [0.5, 0.6) is 0 Å². The van der Waals surface area contributed by atoms with E-state index in [1.54, 1.807) is 93.8 Å². The van der Waals surface area contributed by atoms with Gasteiger partial charge >= 0.3 is 29.8 Å². The Hall–Kier alpha value is -13.0. The van der Waals surface area contributed by atoms with Crippen LogP contribution in [0.15, 0.2) is 171 Å². The van der Waals surface area contributed by atoms with Crippen LogP contribution < -0.4 is 0 Å². The van der Waals surface area contributed by atoms with Gasteiger partial charge in [-0.15, -0.1) is 0 Å². The number of rotatable bonds is 37. The topological polar surface area (TPSA) is 380 Å². The van der Waals surface area contributed by atoms with Gasteiger partial charge in [0.25, 0.3) is 0 Å². The summed E-state index contributed by atoms with van der Waals surface area (Å²) in [5.74, 6) is 0.251. The Morgan fingerprint density at radius 2 is 0.744 bits per heavy atom. The van der Waals surface area contributed by atoms with E-state index >= 15 is 0 Å². The highest BCUT2D eigenvalue weighted by atomic mass is 19.1. The second kappa shape index (κ2) is 47.6. The summed E-state index contributed by atoms with van der Waals surface area (Å²) in [6, 6.07) is 36.4. The number of carboxylic acid groups (broad SMARTS) is 5. The van der Waals surface area contributed by atoms with Crippen molar-refractivity contribution in [1.29, 1.82) is 0 Å². The monoisotopic (exact) mass is 1710 g/mol. The van der Waals surface area contributed by atoms with E-state index in [4.69, 9.17) is 20.3 Å². The van der Waals surface area contributed by atoms with Gasteiger partial charge in [0.05, 0.1) is 45.8 Å². The van der Waals surface area contributed by atoms with E-state index in [-0.39, 0.29) is 58.8 Å². The van der Waals surface area contributed by atoms with Crippen molar-refractivity contribution >= 4 is 35.6 Å². The number of nitrogens with zero attached hydrogens (tertiary/aromatic N) is 13. The van der Waals surface area contributed by atoms with Crippen molar-refractivity contribution in [3.63, 3.8) is 0 Å². The van der Waals surface area contributed by atoms with E-state index < -0.39 is 29.8 Å². The van der Waals surface area contributed by atoms with Crippen molar-refractivity contribution < 1.29 is 73.3 Å². The number of aromatic carboxylic acids is 5. The van der Waals surface area contributed by atoms with Gasteiger partial charge in [-0.05, 0) is 244 Å². The van der Waals surface area contributed by atoms with E-state index in [2.05, 4.69) is 81.3 Å². The van der Waals surface area contributed by atoms with Crippen molar-refractivity contribution in [3.05, 3.63) is 324 Å². The zero-order valence-electron chi connectivity index (χ0n) is 72.5. The maximum absolute atomic E-state index is 13.2. The first-order chi connectivity index (χ1) is 59.8. The third kappa shape index (κ3) is 31.1. The third-order valence-corrected chi connectivity index (χ3v) is 20.8. The van der Waals surface area contributed by atoms with Crippen LogP contribution in [0.3, 0.4) is 0 Å². The van der Waals surface area contributed by atoms with E-state index in [9.17, 15) is 58.0 Å². The Morgan fingerprint density at radius 1 is 0.392 bits per heavy atom. The maximum Gasteiger partial charge on any atom is 0.335 e. The molecule has 9 heterocycles. The molecule has 0 aliphatic heterocycles. The number of Topliss-reactive ketones (excluding diaryl/α,β-unsaturated/α-hetero) is 1. The number of fused-ring (bicyclic) bond motifs is 1. The number of benzene rings is 3. The number of ketones is 1. The second-order valence-corrected chi connectivity index (χ2v) is 32.3. The smallest absolute Gasteiger partial charge is 0.335 e. The largest absolute Gasteiger partial charge is 0.478 e. The number of aliphatic hydroxyl groups is 2. The molecular weight excluding hydrogens is 1590 g/mol. The first kappa shape index (κ1) is 95.9. The predicted octanol–water partition coefficient (Wildman–Crippen LogP) is 16.5. The van der Waals surface area contributed by atoms with Gasteiger partial charge in [0.15, 0.2) is 5.78 Å². The summed E-state index contributed by atoms with van der Waals surface area (Å²) >= 11 is 0. The third-order valence-electron chi connectivity index (χ3n) is 20.8. The number of carboxylic acids is 5. The van der Waals surface area contributed by atoms with Crippen LogP contribution in [0.1, 0.15) is 250 Å². The lowest BCUT2D eigenvalue weighted by Crippen LogP contribution is -2.11. The average molecular weight is 1710 g/mol. The van der Waals surface area contributed by atoms with E-state index in [0.717, 1.165) is 170 Å². The zero-order valence-corrected chi connectivity index (χ0v) is 72.5. The van der Waals surface area contributed by atoms with Crippen LogP contribution in [-0.2, 0) is 103 Å². The Kier molecular flexibility index (Phi) is 36.5. The lowest BCUT2D eigenvalue weighted by molar-refractivity contribution is 0.0685. The number of aromatic nitrogens is 13. The molecule has 1 aliphatic rings. The van der Waals surface area contributed by atoms with Crippen molar-refractivity contribution in [1.82, 2.24) is 63.1 Å². The lowest BCUT2D eigenvalue weighted by Gasteiger charge is -2.16. The summed E-state index contributed by atoms with van der Waals surface area (Å²) in [6.07, 6.45) is 26.1. The number of pyridine rings is 5. The molecule has 0 saturated heterocycles. The first-order valence-electron chi connectivity index (χ1n) is 42.3. The fraction of sp³-hybridized carbons (Fsp3) is 0.371. The second-order valence-electron chi connectivity index (χ2n) is 32.3. The molecule has 658 valence electrons. The Balaban J connectivity index is 0.000000178. The van der Waals surface area contributed by atoms with Gasteiger partial charge in [0.2, 0.25) is 0 Å². The van der Waals surface area contributed by atoms with E-state index in [1.807, 2.05) is 79.6 Å². The Morgan fingerprint density at radius 3 is 1.12 bits per heavy atom. The molecule has 28 heteroatoms. The molecule has 0 fully saturated rings. The fourth-order valence-corrected chi connectivity index (χ4v) is 15.0. The van der Waals surface area contributed by atoms with Crippen LogP contribution >= 0.6 is 0 Å². The van der Waals surface area contributed by atoms with Gasteiger partial charge in [-0.1, -0.05) is 76.2 Å². The number of carbonyl (C=O) groups excluding carboxylic acids is 1. The number of aryl methyl sites for hydroxylation is 14. The van der Waals surface area contributed by atoms with Crippen LogP contribution in [0.25, 0.3) is 0 Å². The number of hydrogen-bond donors (Lipinski definition) is 7. The highest BCUT2D eigenvalue weighted by molar-refractivity contribution is 5.94. The molecular formula is C97H113F2N13O13. The molecule has 0 saturated carbocycles. The van der Waals surface area contributed by atoms with Crippen LogP contribution in [0.4, 0.5) is 8.78 Å². The molecule has 125 heavy (non-hydrogen) atoms. The summed E-state index contributed by atoms with van der Waals surface area (Å²) in [4.78, 5) is 107. The SMILES string of the molecule is CC(=O)c1ccc(Cn2ccnc2CCCc2cc(C(=O)O)cc(C)n2)cc1.Cc1cc(C(=O)O)cc(CCCc2nc3c(n2Cc2ccc(F)cc2)CCC3)n1.Cc1cc(C(=O)O)cc(CCCc2nccn2CC(C)C)n1.Cc1cc(C(=O)O)cc(CC[C@H](CO)CC(C)C)n1.O=C(O)c1cc(CO)nc(CCCc2nccn2Cc2ccc(F)cc2)c1. The highest BCUT2D eigenvalue weighted by Gasteiger charge is 2.23. The molecule has 3 aromatic carbocycles. The molecule has 0 bridgehead atoms. The van der Waals surface area contributed by atoms with Crippen molar-refractivity contribution in [3.8, 4) is 0 Å². The first-order valence-corrected chi connectivity index (χ1v) is 42.3. The number of hydrogen-bond acceptors (Lipinski definition) is 17. The summed E-state index contributed by atoms with van der Waals surface area (Å²) in [6.45, 7) is 20.3.